The van der Waals surface area contributed by atoms with Crippen molar-refractivity contribution in [1.82, 2.24) is 10.1 Å². The summed E-state index contributed by atoms with van der Waals surface area (Å²) in [5.74, 6) is -0.986. The number of rotatable bonds is 3. The van der Waals surface area contributed by atoms with Gasteiger partial charge in [0.2, 0.25) is 5.16 Å². The molecule has 2 aromatic carbocycles. The van der Waals surface area contributed by atoms with E-state index < -0.39 is 12.1 Å². The lowest BCUT2D eigenvalue weighted by molar-refractivity contribution is -0.759. The Morgan fingerprint density at radius 1 is 1.26 bits per heavy atom. The average molecular weight is 446 g/mol. The molecular formula is C18H14BrN4O3S+. The van der Waals surface area contributed by atoms with E-state index in [2.05, 4.69) is 31.3 Å². The minimum Gasteiger partial charge on any atom is -0.478 e. The molecule has 0 spiro atoms. The molecule has 27 heavy (non-hydrogen) atoms. The van der Waals surface area contributed by atoms with Crippen LogP contribution in [-0.2, 0) is 0 Å². The number of anilines is 1. The molecule has 0 amide bonds. The summed E-state index contributed by atoms with van der Waals surface area (Å²) in [6.45, 7) is 0. The van der Waals surface area contributed by atoms with E-state index in [9.17, 15) is 9.59 Å². The first-order chi connectivity index (χ1) is 13.0. The number of aromatic nitrogens is 3. The molecule has 1 aromatic heterocycles. The van der Waals surface area contributed by atoms with Gasteiger partial charge in [-0.1, -0.05) is 27.7 Å². The van der Waals surface area contributed by atoms with Crippen LogP contribution in [0.3, 0.4) is 0 Å². The van der Waals surface area contributed by atoms with Crippen molar-refractivity contribution in [1.29, 1.82) is 0 Å². The largest absolute Gasteiger partial charge is 0.478 e. The Balaban J connectivity index is 1.93. The van der Waals surface area contributed by atoms with Crippen LogP contribution in [0.4, 0.5) is 5.69 Å². The molecule has 9 heteroatoms. The lowest BCUT2D eigenvalue weighted by Crippen LogP contribution is -2.55. The molecule has 1 atom stereocenters. The molecule has 3 N–H and O–H groups in total. The number of carbonyl (C=O) groups is 1. The molecule has 0 radical (unpaired) electrons. The zero-order valence-corrected chi connectivity index (χ0v) is 16.5. The highest BCUT2D eigenvalue weighted by atomic mass is 79.9. The van der Waals surface area contributed by atoms with Crippen molar-refractivity contribution < 1.29 is 14.6 Å². The monoisotopic (exact) mass is 445 g/mol. The van der Waals surface area contributed by atoms with Crippen LogP contribution in [0, 0.1) is 0 Å². The van der Waals surface area contributed by atoms with Crippen LogP contribution in [0.15, 0.2) is 56.9 Å². The van der Waals surface area contributed by atoms with Crippen LogP contribution in [0.5, 0.6) is 0 Å². The zero-order valence-electron chi connectivity index (χ0n) is 14.1. The Hall–Kier alpha value is -2.65. The Morgan fingerprint density at radius 2 is 2.00 bits per heavy atom. The number of hydrogen-bond acceptors (Lipinski definition) is 5. The van der Waals surface area contributed by atoms with E-state index in [1.54, 1.807) is 28.9 Å². The summed E-state index contributed by atoms with van der Waals surface area (Å²) in [6.07, 6.45) is 1.40. The second-order valence-corrected chi connectivity index (χ2v) is 7.63. The number of benzene rings is 2. The van der Waals surface area contributed by atoms with E-state index in [-0.39, 0.29) is 11.1 Å². The first-order valence-electron chi connectivity index (χ1n) is 7.98. The van der Waals surface area contributed by atoms with Crippen LogP contribution < -0.4 is 15.6 Å². The van der Waals surface area contributed by atoms with E-state index in [4.69, 9.17) is 5.11 Å². The molecule has 1 aliphatic rings. The normalized spacial score (nSPS) is 14.8. The van der Waals surface area contributed by atoms with Crippen LogP contribution in [0.25, 0.3) is 11.3 Å². The van der Waals surface area contributed by atoms with Gasteiger partial charge in [-0.2, -0.15) is 0 Å². The topological polar surface area (TPSA) is 99.0 Å². The van der Waals surface area contributed by atoms with Gasteiger partial charge < -0.3 is 10.4 Å². The van der Waals surface area contributed by atoms with Crippen molar-refractivity contribution in [2.45, 2.75) is 11.3 Å². The van der Waals surface area contributed by atoms with Crippen molar-refractivity contribution in [3.8, 4) is 11.3 Å². The number of nitrogens with zero attached hydrogens (tertiary/aromatic N) is 2. The van der Waals surface area contributed by atoms with Gasteiger partial charge >= 0.3 is 17.2 Å². The number of hydrogen-bond donors (Lipinski definition) is 3. The van der Waals surface area contributed by atoms with Gasteiger partial charge in [0.1, 0.15) is 0 Å². The average Bonchev–Trinajstić information content (AvgIpc) is 2.67. The van der Waals surface area contributed by atoms with E-state index >= 15 is 0 Å². The fourth-order valence-electron chi connectivity index (χ4n) is 3.04. The molecule has 0 aliphatic carbocycles. The second kappa shape index (κ2) is 6.82. The van der Waals surface area contributed by atoms with Gasteiger partial charge in [0.15, 0.2) is 0 Å². The van der Waals surface area contributed by atoms with E-state index in [1.165, 1.54) is 11.8 Å². The highest BCUT2D eigenvalue weighted by molar-refractivity contribution is 9.10. The van der Waals surface area contributed by atoms with E-state index in [1.807, 2.05) is 24.5 Å². The minimum atomic E-state index is -0.986. The predicted octanol–water partition coefficient (Wildman–Crippen LogP) is 2.88. The summed E-state index contributed by atoms with van der Waals surface area (Å²) in [4.78, 5) is 26.7. The first-order valence-corrected chi connectivity index (χ1v) is 9.99. The van der Waals surface area contributed by atoms with Gasteiger partial charge in [0.05, 0.1) is 16.8 Å². The SMILES string of the molecule is CSc1n[n+]2c(c(=O)[nH]1)-c1cc(Br)ccc1N[C@H]2c1ccc(C(=O)O)cc1. The molecule has 0 saturated heterocycles. The number of aromatic carboxylic acids is 1. The maximum atomic E-state index is 12.8. The van der Waals surface area contributed by atoms with Gasteiger partial charge in [0, 0.05) is 15.1 Å². The van der Waals surface area contributed by atoms with Gasteiger partial charge in [-0.15, -0.1) is 0 Å². The molecule has 0 bridgehead atoms. The van der Waals surface area contributed by atoms with Gasteiger partial charge in [0.25, 0.3) is 6.17 Å². The van der Waals surface area contributed by atoms with Crippen LogP contribution in [0.1, 0.15) is 22.1 Å². The van der Waals surface area contributed by atoms with Gasteiger partial charge in [-0.05, 0) is 53.4 Å². The molecule has 0 unspecified atom stereocenters. The maximum absolute atomic E-state index is 12.8. The van der Waals surface area contributed by atoms with Crippen molar-refractivity contribution in [3.63, 3.8) is 0 Å². The predicted molar refractivity (Wildman–Crippen MR) is 105 cm³/mol. The molecule has 4 rings (SSSR count). The lowest BCUT2D eigenvalue weighted by Gasteiger charge is -2.22. The highest BCUT2D eigenvalue weighted by Gasteiger charge is 2.37. The summed E-state index contributed by atoms with van der Waals surface area (Å²) in [5, 5.41) is 17.6. The Kier molecular flexibility index (Phi) is 4.48. The number of aromatic amines is 1. The third kappa shape index (κ3) is 3.13. The van der Waals surface area contributed by atoms with Gasteiger partial charge in [-0.3, -0.25) is 9.78 Å². The zero-order chi connectivity index (χ0) is 19.1. The quantitative estimate of drug-likeness (QED) is 0.423. The van der Waals surface area contributed by atoms with Crippen LogP contribution in [-0.4, -0.2) is 27.4 Å². The van der Waals surface area contributed by atoms with Crippen molar-refractivity contribution in [3.05, 3.63) is 68.4 Å². The third-order valence-corrected chi connectivity index (χ3v) is 5.37. The van der Waals surface area contributed by atoms with Crippen molar-refractivity contribution >= 4 is 39.3 Å². The minimum absolute atomic E-state index is 0.202. The van der Waals surface area contributed by atoms with E-state index in [0.29, 0.717) is 10.9 Å². The summed E-state index contributed by atoms with van der Waals surface area (Å²) < 4.78 is 2.50. The molecular weight excluding hydrogens is 432 g/mol. The fourth-order valence-corrected chi connectivity index (χ4v) is 3.76. The summed E-state index contributed by atoms with van der Waals surface area (Å²) >= 11 is 4.79. The molecule has 2 heterocycles. The number of thioether (sulfide) groups is 1. The van der Waals surface area contributed by atoms with E-state index in [0.717, 1.165) is 21.3 Å². The van der Waals surface area contributed by atoms with Crippen LogP contribution >= 0.6 is 27.7 Å². The summed E-state index contributed by atoms with van der Waals surface area (Å²) in [7, 11) is 0. The number of carboxylic acids is 1. The smallest absolute Gasteiger partial charge is 0.335 e. The standard InChI is InChI=1S/C18H13BrN4O3S/c1-27-18-21-16(24)14-12-8-11(19)6-7-13(12)20-15(23(14)22-18)9-2-4-10(5-3-9)17(25)26/h2-8,15H,1H3,(H2,21,22,24,25,26)/p+1/t15-/m1/s1. The Bertz CT molecular complexity index is 1110. The summed E-state index contributed by atoms with van der Waals surface area (Å²) in [5.41, 5.74) is 2.74. The number of fused-ring (bicyclic) bond motifs is 3. The van der Waals surface area contributed by atoms with Gasteiger partial charge in [-0.25, -0.2) is 4.79 Å². The number of nitrogens with one attached hydrogen (secondary N) is 2. The molecule has 0 fully saturated rings. The molecule has 136 valence electrons. The second-order valence-electron chi connectivity index (χ2n) is 5.92. The molecule has 3 aromatic rings. The number of carboxylic acid groups (broad SMARTS) is 1. The highest BCUT2D eigenvalue weighted by Crippen LogP contribution is 2.33. The van der Waals surface area contributed by atoms with Crippen LogP contribution in [0.2, 0.25) is 0 Å². The lowest BCUT2D eigenvalue weighted by atomic mass is 10.0. The molecule has 1 aliphatic heterocycles. The summed E-state index contributed by atoms with van der Waals surface area (Å²) in [6, 6.07) is 12.2. The third-order valence-electron chi connectivity index (χ3n) is 4.30. The molecule has 0 saturated carbocycles. The first kappa shape index (κ1) is 17.7. The Labute approximate surface area is 166 Å². The number of halogens is 1. The molecule has 7 nitrogen and oxygen atoms in total. The Morgan fingerprint density at radius 3 is 2.67 bits per heavy atom. The van der Waals surface area contributed by atoms with Crippen molar-refractivity contribution in [2.75, 3.05) is 11.6 Å². The fraction of sp³-hybridized carbons (Fsp3) is 0.111. The van der Waals surface area contributed by atoms with Crippen molar-refractivity contribution in [2.24, 2.45) is 0 Å². The number of H-pyrrole nitrogens is 1. The maximum Gasteiger partial charge on any atom is 0.335 e.